The fraction of sp³-hybridized carbons (Fsp3) is 0.321. The Bertz CT molecular complexity index is 1890. The second-order valence-electron chi connectivity index (χ2n) is 10.6. The van der Waals surface area contributed by atoms with Gasteiger partial charge in [0.25, 0.3) is 11.6 Å². The summed E-state index contributed by atoms with van der Waals surface area (Å²) < 4.78 is 48.4. The first-order valence-corrected chi connectivity index (χ1v) is 17.9. The van der Waals surface area contributed by atoms with Crippen LogP contribution < -0.4 is 5.32 Å². The van der Waals surface area contributed by atoms with Crippen molar-refractivity contribution in [1.82, 2.24) is 19.5 Å². The van der Waals surface area contributed by atoms with Crippen molar-refractivity contribution in [1.29, 1.82) is 0 Å². The number of fused-ring (bicyclic) bond motifs is 1. The van der Waals surface area contributed by atoms with E-state index in [1.807, 2.05) is 0 Å². The number of benzene rings is 2. The first kappa shape index (κ1) is 34.9. The number of rotatable bonds is 14. The number of aromatic nitrogens is 4. The average molecular weight is 705 g/mol. The number of hydrogen-bond donors (Lipinski definition) is 3. The van der Waals surface area contributed by atoms with Crippen LogP contribution in [0.1, 0.15) is 35.5 Å². The van der Waals surface area contributed by atoms with E-state index in [1.54, 1.807) is 30.3 Å². The van der Waals surface area contributed by atoms with E-state index < -0.39 is 62.9 Å². The van der Waals surface area contributed by atoms with Gasteiger partial charge in [0.2, 0.25) is 0 Å². The third-order valence-electron chi connectivity index (χ3n) is 7.06. The molecule has 18 nitrogen and oxygen atoms in total. The van der Waals surface area contributed by atoms with Crippen LogP contribution in [0.3, 0.4) is 0 Å². The number of esters is 1. The van der Waals surface area contributed by atoms with Gasteiger partial charge in [0.05, 0.1) is 24.5 Å². The molecule has 1 fully saturated rings. The Balaban J connectivity index is 1.20. The minimum absolute atomic E-state index is 0.0642. The minimum Gasteiger partial charge on any atom is -0.460 e. The average Bonchev–Trinajstić information content (AvgIpc) is 3.64. The highest BCUT2D eigenvalue weighted by Crippen LogP contribution is 2.58. The summed E-state index contributed by atoms with van der Waals surface area (Å²) >= 11 is 0. The number of anilines is 1. The molecule has 0 bridgehead atoms. The van der Waals surface area contributed by atoms with E-state index in [0.29, 0.717) is 11.1 Å². The van der Waals surface area contributed by atoms with Crippen molar-refractivity contribution in [3.63, 3.8) is 0 Å². The second-order valence-corrected chi connectivity index (χ2v) is 14.8. The van der Waals surface area contributed by atoms with Crippen LogP contribution >= 0.6 is 15.2 Å². The van der Waals surface area contributed by atoms with Crippen LogP contribution in [0.5, 0.6) is 0 Å². The van der Waals surface area contributed by atoms with E-state index >= 15 is 0 Å². The van der Waals surface area contributed by atoms with Crippen molar-refractivity contribution >= 4 is 49.7 Å². The van der Waals surface area contributed by atoms with Crippen LogP contribution in [-0.4, -0.2) is 77.4 Å². The molecule has 1 aliphatic rings. The molecule has 2 aromatic carbocycles. The van der Waals surface area contributed by atoms with Crippen molar-refractivity contribution in [3.05, 3.63) is 88.5 Å². The zero-order valence-electron chi connectivity index (χ0n) is 25.2. The number of carbonyl (C=O) groups excluding carboxylic acids is 2. The van der Waals surface area contributed by atoms with Gasteiger partial charge in [-0.25, -0.2) is 15.0 Å². The largest absolute Gasteiger partial charge is 0.460 e. The molecule has 1 amide bonds. The van der Waals surface area contributed by atoms with E-state index in [0.717, 1.165) is 0 Å². The van der Waals surface area contributed by atoms with E-state index in [2.05, 4.69) is 20.3 Å². The number of non-ortho nitro benzene ring substituents is 1. The predicted molar refractivity (Wildman–Crippen MR) is 167 cm³/mol. The summed E-state index contributed by atoms with van der Waals surface area (Å²) in [5.74, 6) is -2.14. The summed E-state index contributed by atoms with van der Waals surface area (Å²) in [7, 11) is -9.35. The highest BCUT2D eigenvalue weighted by atomic mass is 31.2. The van der Waals surface area contributed by atoms with Gasteiger partial charge >= 0.3 is 21.2 Å². The third kappa shape index (κ3) is 8.93. The van der Waals surface area contributed by atoms with Gasteiger partial charge in [0, 0.05) is 31.0 Å². The SMILES string of the molecule is CC(=O)O[C@H]1C[C@H](n2cnc3c(NC(=O)c4ccccc4)ncnc32)O[C@@H]1COP(=O)(O)CP(=O)(O)OCCc1ccc([N+](=O)[O-])cc1. The first-order chi connectivity index (χ1) is 22.8. The maximum atomic E-state index is 12.8. The summed E-state index contributed by atoms with van der Waals surface area (Å²) in [6.07, 6.45) is -0.0679. The Hall–Kier alpha value is -4.41. The summed E-state index contributed by atoms with van der Waals surface area (Å²) in [6, 6.07) is 13.9. The van der Waals surface area contributed by atoms with Crippen molar-refractivity contribution < 1.29 is 52.0 Å². The number of nitro benzene ring substituents is 1. The van der Waals surface area contributed by atoms with E-state index in [4.69, 9.17) is 18.5 Å². The molecule has 3 N–H and O–H groups in total. The van der Waals surface area contributed by atoms with Gasteiger partial charge in [0.1, 0.15) is 24.8 Å². The number of nitro groups is 1. The molecule has 2 unspecified atom stereocenters. The van der Waals surface area contributed by atoms with Crippen molar-refractivity contribution in [2.45, 2.75) is 38.2 Å². The molecule has 254 valence electrons. The second kappa shape index (κ2) is 14.8. The molecule has 48 heavy (non-hydrogen) atoms. The molecule has 0 radical (unpaired) electrons. The van der Waals surface area contributed by atoms with Crippen LogP contribution in [0.25, 0.3) is 11.2 Å². The number of nitrogens with one attached hydrogen (secondary N) is 1. The fourth-order valence-corrected chi connectivity index (χ4v) is 8.09. The van der Waals surface area contributed by atoms with Gasteiger partial charge in [-0.2, -0.15) is 0 Å². The predicted octanol–water partition coefficient (Wildman–Crippen LogP) is 3.81. The lowest BCUT2D eigenvalue weighted by molar-refractivity contribution is -0.384. The smallest absolute Gasteiger partial charge is 0.340 e. The molecule has 20 heteroatoms. The molecule has 2 aromatic heterocycles. The summed E-state index contributed by atoms with van der Waals surface area (Å²) in [5, 5.41) is 13.5. The molecular formula is C28H30N6O12P2. The van der Waals surface area contributed by atoms with Crippen LogP contribution in [0.4, 0.5) is 11.5 Å². The summed E-state index contributed by atoms with van der Waals surface area (Å²) in [4.78, 5) is 68.0. The van der Waals surface area contributed by atoms with Gasteiger partial charge < -0.3 is 33.6 Å². The van der Waals surface area contributed by atoms with Gasteiger partial charge in [-0.05, 0) is 24.1 Å². The zero-order chi connectivity index (χ0) is 34.5. The zero-order valence-corrected chi connectivity index (χ0v) is 27.0. The molecule has 1 aliphatic heterocycles. The molecule has 3 heterocycles. The molecule has 5 rings (SSSR count). The van der Waals surface area contributed by atoms with Crippen molar-refractivity contribution in [3.8, 4) is 0 Å². The minimum atomic E-state index is -4.74. The maximum absolute atomic E-state index is 12.8. The molecule has 5 atom stereocenters. The molecule has 1 saturated heterocycles. The lowest BCUT2D eigenvalue weighted by Gasteiger charge is -2.21. The molecule has 4 aromatic rings. The lowest BCUT2D eigenvalue weighted by atomic mass is 10.1. The van der Waals surface area contributed by atoms with E-state index in [9.17, 15) is 38.6 Å². The van der Waals surface area contributed by atoms with Gasteiger partial charge in [-0.1, -0.05) is 30.3 Å². The number of nitrogens with zero attached hydrogens (tertiary/aromatic N) is 5. The van der Waals surface area contributed by atoms with E-state index in [1.165, 1.54) is 48.4 Å². The number of ether oxygens (including phenoxy) is 2. The quantitative estimate of drug-likeness (QED) is 0.0731. The highest BCUT2D eigenvalue weighted by Gasteiger charge is 2.42. The van der Waals surface area contributed by atoms with Gasteiger partial charge in [-0.3, -0.25) is 33.4 Å². The van der Waals surface area contributed by atoms with Crippen LogP contribution in [0, 0.1) is 10.1 Å². The maximum Gasteiger partial charge on any atom is 0.340 e. The normalized spacial score (nSPS) is 20.1. The van der Waals surface area contributed by atoms with Crippen molar-refractivity contribution in [2.75, 3.05) is 24.4 Å². The lowest BCUT2D eigenvalue weighted by Crippen LogP contribution is -2.30. The first-order valence-electron chi connectivity index (χ1n) is 14.3. The monoisotopic (exact) mass is 704 g/mol. The number of imidazole rings is 1. The summed E-state index contributed by atoms with van der Waals surface area (Å²) in [6.45, 7) is 0.276. The molecule has 0 saturated carbocycles. The highest BCUT2D eigenvalue weighted by molar-refractivity contribution is 7.70. The number of amides is 1. The molecule has 0 spiro atoms. The third-order valence-corrected chi connectivity index (χ3v) is 11.1. The Kier molecular flexibility index (Phi) is 10.8. The van der Waals surface area contributed by atoms with Crippen molar-refractivity contribution in [2.24, 2.45) is 0 Å². The number of hydrogen-bond acceptors (Lipinski definition) is 13. The number of carbonyl (C=O) groups is 2. The Morgan fingerprint density at radius 2 is 1.77 bits per heavy atom. The molecule has 0 aliphatic carbocycles. The van der Waals surface area contributed by atoms with E-state index in [-0.39, 0.29) is 42.1 Å². The van der Waals surface area contributed by atoms with Gasteiger partial charge in [-0.15, -0.1) is 0 Å². The fourth-order valence-electron chi connectivity index (χ4n) is 4.87. The topological polar surface area (TPSA) is 244 Å². The standard InChI is InChI=1S/C28H30N6O12P2/c1-18(35)45-22-13-24(33-16-31-25-26(29-15-30-27(25)33)32-28(36)20-5-3-2-4-6-20)46-23(22)14-44-48(41,42)17-47(39,40)43-12-11-19-7-9-21(10-8-19)34(37)38/h2-10,15-16,22-24H,11-14,17H2,1H3,(H,39,40)(H,41,42)(H,29,30,32,36)/t22-,23+,24+/m0/s1. The van der Waals surface area contributed by atoms with Gasteiger partial charge in [0.15, 0.2) is 22.9 Å². The van der Waals surface area contributed by atoms with Crippen LogP contribution in [0.2, 0.25) is 0 Å². The molecular weight excluding hydrogens is 674 g/mol. The summed E-state index contributed by atoms with van der Waals surface area (Å²) in [5.41, 5.74) is 1.40. The van der Waals surface area contributed by atoms with Crippen LogP contribution in [-0.2, 0) is 38.9 Å². The Morgan fingerprint density at radius 3 is 2.46 bits per heavy atom. The van der Waals surface area contributed by atoms with Crippen LogP contribution in [0.15, 0.2) is 67.3 Å². The Labute approximate surface area is 272 Å². The Morgan fingerprint density at radius 1 is 1.06 bits per heavy atom.